The smallest absolute Gasteiger partial charge is 0.407 e. The summed E-state index contributed by atoms with van der Waals surface area (Å²) >= 11 is 3.67. The van der Waals surface area contributed by atoms with E-state index in [0.29, 0.717) is 0 Å². The number of thiol groups is 1. The van der Waals surface area contributed by atoms with E-state index in [1.54, 1.807) is 0 Å². The molecule has 3 rings (SSSR count). The van der Waals surface area contributed by atoms with Crippen molar-refractivity contribution in [2.75, 3.05) is 6.61 Å². The minimum Gasteiger partial charge on any atom is -0.449 e. The van der Waals surface area contributed by atoms with Gasteiger partial charge in [0, 0.05) is 5.92 Å². The Bertz CT molecular complexity index is 760. The normalized spacial score (nSPS) is 15.0. The molecule has 0 aromatic heterocycles. The van der Waals surface area contributed by atoms with Crippen LogP contribution in [0.5, 0.6) is 0 Å². The third-order valence-corrected chi connectivity index (χ3v) is 4.64. The molecule has 1 unspecified atom stereocenters. The molecule has 0 radical (unpaired) electrons. The van der Waals surface area contributed by atoms with Crippen LogP contribution in [0.15, 0.2) is 48.5 Å². The zero-order chi connectivity index (χ0) is 18.0. The molecular formula is C19H19NO4S. The van der Waals surface area contributed by atoms with Crippen LogP contribution in [-0.4, -0.2) is 35.1 Å². The Kier molecular flexibility index (Phi) is 5.11. The summed E-state index contributed by atoms with van der Waals surface area (Å²) in [5.74, 6) is -0.0603. The monoisotopic (exact) mass is 357 g/mol. The van der Waals surface area contributed by atoms with E-state index in [2.05, 4.69) is 30.1 Å². The van der Waals surface area contributed by atoms with Crippen molar-refractivity contribution in [2.24, 2.45) is 0 Å². The average Bonchev–Trinajstić information content (AvgIpc) is 2.91. The van der Waals surface area contributed by atoms with E-state index in [9.17, 15) is 14.7 Å². The van der Waals surface area contributed by atoms with Crippen molar-refractivity contribution in [1.82, 2.24) is 5.32 Å². The first-order valence-electron chi connectivity index (χ1n) is 8.01. The molecule has 5 nitrogen and oxygen atoms in total. The predicted octanol–water partition coefficient (Wildman–Crippen LogP) is 2.73. The van der Waals surface area contributed by atoms with E-state index < -0.39 is 23.4 Å². The van der Waals surface area contributed by atoms with Gasteiger partial charge in [0.25, 0.3) is 0 Å². The van der Waals surface area contributed by atoms with Gasteiger partial charge in [-0.1, -0.05) is 48.5 Å². The Morgan fingerprint density at radius 3 is 2.12 bits per heavy atom. The molecule has 1 amide bonds. The highest BCUT2D eigenvalue weighted by atomic mass is 32.1. The minimum absolute atomic E-state index is 0.0603. The molecule has 0 aliphatic heterocycles. The van der Waals surface area contributed by atoms with Crippen LogP contribution in [-0.2, 0) is 9.53 Å². The van der Waals surface area contributed by atoms with Crippen molar-refractivity contribution in [1.29, 1.82) is 0 Å². The quantitative estimate of drug-likeness (QED) is 0.719. The fourth-order valence-electron chi connectivity index (χ4n) is 3.16. The third kappa shape index (κ3) is 3.55. The number of aliphatic hydroxyl groups is 1. The van der Waals surface area contributed by atoms with E-state index in [0.717, 1.165) is 22.3 Å². The highest BCUT2D eigenvalue weighted by Crippen LogP contribution is 2.44. The largest absolute Gasteiger partial charge is 0.449 e. The lowest BCUT2D eigenvalue weighted by atomic mass is 9.98. The lowest BCUT2D eigenvalue weighted by Crippen LogP contribution is -2.46. The number of ether oxygens (including phenoxy) is 1. The Labute approximate surface area is 151 Å². The van der Waals surface area contributed by atoms with Crippen molar-refractivity contribution in [3.05, 3.63) is 59.7 Å². The van der Waals surface area contributed by atoms with E-state index in [-0.39, 0.29) is 12.5 Å². The van der Waals surface area contributed by atoms with Crippen molar-refractivity contribution >= 4 is 23.8 Å². The summed E-state index contributed by atoms with van der Waals surface area (Å²) in [5.41, 5.74) is 4.49. The Balaban J connectivity index is 1.73. The summed E-state index contributed by atoms with van der Waals surface area (Å²) in [4.78, 5) is 23.4. The number of hydrogen-bond donors (Lipinski definition) is 3. The molecule has 1 aliphatic carbocycles. The minimum atomic E-state index is -1.10. The summed E-state index contributed by atoms with van der Waals surface area (Å²) < 4.78 is 5.32. The van der Waals surface area contributed by atoms with Crippen molar-refractivity contribution in [3.63, 3.8) is 0 Å². The average molecular weight is 357 g/mol. The van der Waals surface area contributed by atoms with Gasteiger partial charge in [0.05, 0.1) is 6.10 Å². The maximum atomic E-state index is 12.0. The number of amides is 1. The summed E-state index contributed by atoms with van der Waals surface area (Å²) in [6, 6.07) is 14.9. The number of carbonyl (C=O) groups excluding carboxylic acids is 2. The fraction of sp³-hybridized carbons (Fsp3) is 0.263. The molecule has 0 saturated carbocycles. The topological polar surface area (TPSA) is 75.6 Å². The van der Waals surface area contributed by atoms with Crippen LogP contribution in [0.4, 0.5) is 4.79 Å². The van der Waals surface area contributed by atoms with Crippen LogP contribution in [0, 0.1) is 0 Å². The second kappa shape index (κ2) is 7.29. The standard InChI is InChI=1S/C19H19NO4S/c1-11(21)17(18(22)25)20-19(23)24-10-16-14-8-4-2-6-12(14)13-7-3-5-9-15(13)16/h2-9,11,16-17,21H,10H2,1H3,(H,20,23)(H,22,25)/t11?,17-/m0/s1. The maximum Gasteiger partial charge on any atom is 0.407 e. The lowest BCUT2D eigenvalue weighted by molar-refractivity contribution is -0.114. The van der Waals surface area contributed by atoms with Gasteiger partial charge < -0.3 is 15.2 Å². The van der Waals surface area contributed by atoms with E-state index >= 15 is 0 Å². The van der Waals surface area contributed by atoms with E-state index in [1.165, 1.54) is 6.92 Å². The number of benzene rings is 2. The highest BCUT2D eigenvalue weighted by molar-refractivity contribution is 7.96. The van der Waals surface area contributed by atoms with Gasteiger partial charge in [-0.25, -0.2) is 4.79 Å². The first-order valence-corrected chi connectivity index (χ1v) is 8.46. The first kappa shape index (κ1) is 17.5. The van der Waals surface area contributed by atoms with E-state index in [1.807, 2.05) is 36.4 Å². The molecule has 0 bridgehead atoms. The van der Waals surface area contributed by atoms with Gasteiger partial charge in [-0.05, 0) is 29.2 Å². The van der Waals surface area contributed by atoms with Crippen molar-refractivity contribution < 1.29 is 19.4 Å². The molecule has 2 atom stereocenters. The molecule has 0 heterocycles. The van der Waals surface area contributed by atoms with Gasteiger partial charge in [-0.15, -0.1) is 12.6 Å². The zero-order valence-corrected chi connectivity index (χ0v) is 14.6. The molecule has 2 N–H and O–H groups in total. The summed E-state index contributed by atoms with van der Waals surface area (Å²) in [6.45, 7) is 1.55. The highest BCUT2D eigenvalue weighted by Gasteiger charge is 2.30. The number of rotatable bonds is 5. The number of fused-ring (bicyclic) bond motifs is 3. The van der Waals surface area contributed by atoms with Gasteiger partial charge in [0.1, 0.15) is 12.6 Å². The third-order valence-electron chi connectivity index (χ3n) is 4.37. The number of alkyl carbamates (subject to hydrolysis) is 1. The SMILES string of the molecule is CC(O)[C@H](NC(=O)OCC1c2ccccc2-c2ccccc21)C(=O)S. The van der Waals surface area contributed by atoms with Crippen LogP contribution >= 0.6 is 12.6 Å². The van der Waals surface area contributed by atoms with Crippen LogP contribution < -0.4 is 5.32 Å². The Morgan fingerprint density at radius 1 is 1.12 bits per heavy atom. The zero-order valence-electron chi connectivity index (χ0n) is 13.7. The second-order valence-corrected chi connectivity index (χ2v) is 6.47. The summed E-state index contributed by atoms with van der Waals surface area (Å²) in [7, 11) is 0. The van der Waals surface area contributed by atoms with Gasteiger partial charge >= 0.3 is 6.09 Å². The molecule has 2 aromatic carbocycles. The number of aliphatic hydroxyl groups excluding tert-OH is 1. The molecular weight excluding hydrogens is 338 g/mol. The summed E-state index contributed by atoms with van der Waals surface area (Å²) in [6.07, 6.45) is -1.80. The van der Waals surface area contributed by atoms with Crippen molar-refractivity contribution in [2.45, 2.75) is 25.0 Å². The molecule has 6 heteroatoms. The molecule has 2 aromatic rings. The van der Waals surface area contributed by atoms with Crippen LogP contribution in [0.1, 0.15) is 24.0 Å². The Hall–Kier alpha value is -2.31. The van der Waals surface area contributed by atoms with Crippen molar-refractivity contribution in [3.8, 4) is 11.1 Å². The summed E-state index contributed by atoms with van der Waals surface area (Å²) in [5, 5.41) is 11.3. The second-order valence-electron chi connectivity index (χ2n) is 6.03. The predicted molar refractivity (Wildman–Crippen MR) is 97.7 cm³/mol. The first-order chi connectivity index (χ1) is 12.0. The van der Waals surface area contributed by atoms with E-state index in [4.69, 9.17) is 4.74 Å². The number of nitrogens with one attached hydrogen (secondary N) is 1. The van der Waals surface area contributed by atoms with Crippen LogP contribution in [0.25, 0.3) is 11.1 Å². The fourth-order valence-corrected chi connectivity index (χ4v) is 3.44. The van der Waals surface area contributed by atoms with Gasteiger partial charge in [0.15, 0.2) is 0 Å². The Morgan fingerprint density at radius 2 is 1.64 bits per heavy atom. The lowest BCUT2D eigenvalue weighted by Gasteiger charge is -2.19. The number of carbonyl (C=O) groups is 2. The van der Waals surface area contributed by atoms with Gasteiger partial charge in [-0.2, -0.15) is 0 Å². The molecule has 1 aliphatic rings. The number of hydrogen-bond acceptors (Lipinski definition) is 4. The molecule has 130 valence electrons. The van der Waals surface area contributed by atoms with Gasteiger partial charge in [-0.3, -0.25) is 4.79 Å². The molecule has 0 spiro atoms. The van der Waals surface area contributed by atoms with Gasteiger partial charge in [0.2, 0.25) is 5.12 Å². The maximum absolute atomic E-state index is 12.0. The molecule has 0 fully saturated rings. The molecule has 25 heavy (non-hydrogen) atoms. The van der Waals surface area contributed by atoms with Crippen LogP contribution in [0.3, 0.4) is 0 Å². The van der Waals surface area contributed by atoms with Crippen LogP contribution in [0.2, 0.25) is 0 Å². The molecule has 0 saturated heterocycles.